The summed E-state index contributed by atoms with van der Waals surface area (Å²) in [7, 11) is -4.18. The quantitative estimate of drug-likeness (QED) is 0.259. The Kier molecular flexibility index (Phi) is 11.5. The maximum Gasteiger partial charge on any atom is 0.264 e. The molecule has 0 radical (unpaired) electrons. The molecule has 0 heterocycles. The molecule has 0 fully saturated rings. The van der Waals surface area contributed by atoms with Gasteiger partial charge < -0.3 is 15.0 Å². The number of nitrogens with one attached hydrogen (secondary N) is 1. The van der Waals surface area contributed by atoms with Gasteiger partial charge in [-0.25, -0.2) is 8.42 Å². The maximum absolute atomic E-state index is 14.0. The molecule has 11 heteroatoms. The molecule has 0 aliphatic heterocycles. The second kappa shape index (κ2) is 14.6. The minimum Gasteiger partial charge on any atom is -0.494 e. The largest absolute Gasteiger partial charge is 0.494 e. The van der Waals surface area contributed by atoms with Gasteiger partial charge >= 0.3 is 0 Å². The van der Waals surface area contributed by atoms with Crippen molar-refractivity contribution >= 4 is 50.7 Å². The molecule has 1 N–H and O–H groups in total. The second-order valence-corrected chi connectivity index (χ2v) is 12.1. The molecule has 1 atom stereocenters. The molecule has 2 amide bonds. The SMILES string of the molecule is CCCNC(=O)[C@H](C)N(Cc1c(Cl)cccc1Cl)C(=O)CN(c1ccc(OCC)cc1)S(=O)(=O)c1ccc(C)cc1. The molecule has 0 aliphatic carbocycles. The number of carbonyl (C=O) groups excluding carboxylic acids is 2. The van der Waals surface area contributed by atoms with Crippen LogP contribution in [0.3, 0.4) is 0 Å². The number of anilines is 1. The molecule has 0 unspecified atom stereocenters. The number of amides is 2. The predicted octanol–water partition coefficient (Wildman–Crippen LogP) is 5.84. The summed E-state index contributed by atoms with van der Waals surface area (Å²) < 4.78 is 34.4. The van der Waals surface area contributed by atoms with Crippen molar-refractivity contribution in [3.8, 4) is 5.75 Å². The van der Waals surface area contributed by atoms with Crippen molar-refractivity contribution in [3.05, 3.63) is 87.9 Å². The Morgan fingerprint density at radius 1 is 0.951 bits per heavy atom. The van der Waals surface area contributed by atoms with Crippen molar-refractivity contribution < 1.29 is 22.7 Å². The lowest BCUT2D eigenvalue weighted by Gasteiger charge is -2.32. The minimum absolute atomic E-state index is 0.0271. The Morgan fingerprint density at radius 2 is 1.56 bits per heavy atom. The number of ether oxygens (including phenoxy) is 1. The fraction of sp³-hybridized carbons (Fsp3) is 0.333. The lowest BCUT2D eigenvalue weighted by atomic mass is 10.1. The van der Waals surface area contributed by atoms with E-state index in [4.69, 9.17) is 27.9 Å². The van der Waals surface area contributed by atoms with E-state index in [0.717, 1.165) is 9.87 Å². The lowest BCUT2D eigenvalue weighted by Crippen LogP contribution is -2.51. The normalized spacial score (nSPS) is 12.0. The average Bonchev–Trinajstić information content (AvgIpc) is 2.95. The number of rotatable bonds is 13. The molecule has 3 aromatic rings. The molecule has 0 spiro atoms. The molecular formula is C30H35Cl2N3O5S. The van der Waals surface area contributed by atoms with E-state index in [1.165, 1.54) is 17.0 Å². The zero-order valence-corrected chi connectivity index (χ0v) is 25.9. The number of sulfonamides is 1. The number of halogens is 2. The van der Waals surface area contributed by atoms with E-state index in [1.807, 2.05) is 20.8 Å². The second-order valence-electron chi connectivity index (χ2n) is 9.44. The summed E-state index contributed by atoms with van der Waals surface area (Å²) in [6.45, 7) is 7.41. The van der Waals surface area contributed by atoms with Crippen LogP contribution < -0.4 is 14.4 Å². The van der Waals surface area contributed by atoms with Gasteiger partial charge in [-0.1, -0.05) is 53.9 Å². The zero-order valence-electron chi connectivity index (χ0n) is 23.6. The molecule has 0 saturated carbocycles. The third-order valence-corrected chi connectivity index (χ3v) is 8.93. The molecule has 3 rings (SSSR count). The third kappa shape index (κ3) is 8.15. The van der Waals surface area contributed by atoms with Crippen molar-refractivity contribution in [1.29, 1.82) is 0 Å². The molecule has 0 aromatic heterocycles. The Hall–Kier alpha value is -3.27. The first-order valence-corrected chi connectivity index (χ1v) is 15.5. The van der Waals surface area contributed by atoms with Crippen molar-refractivity contribution in [2.75, 3.05) is 24.0 Å². The van der Waals surface area contributed by atoms with Gasteiger partial charge in [-0.2, -0.15) is 0 Å². The average molecular weight is 621 g/mol. The van der Waals surface area contributed by atoms with E-state index < -0.39 is 28.5 Å². The van der Waals surface area contributed by atoms with E-state index in [-0.39, 0.29) is 23.0 Å². The minimum atomic E-state index is -4.18. The summed E-state index contributed by atoms with van der Waals surface area (Å²) in [6, 6.07) is 16.8. The van der Waals surface area contributed by atoms with E-state index in [0.29, 0.717) is 40.9 Å². The van der Waals surface area contributed by atoms with Crippen LogP contribution in [0, 0.1) is 6.92 Å². The Labute approximate surface area is 252 Å². The van der Waals surface area contributed by atoms with Gasteiger partial charge in [-0.15, -0.1) is 0 Å². The fourth-order valence-electron chi connectivity index (χ4n) is 4.07. The number of carbonyl (C=O) groups is 2. The standard InChI is InChI=1S/C30H35Cl2N3O5S/c1-5-18-33-30(37)22(4)34(19-26-27(31)8-7-9-28(26)32)29(36)20-35(23-12-14-24(15-13-23)40-6-2)41(38,39)25-16-10-21(3)11-17-25/h7-17,22H,5-6,18-20H2,1-4H3,(H,33,37)/t22-/m0/s1. The lowest BCUT2D eigenvalue weighted by molar-refractivity contribution is -0.139. The topological polar surface area (TPSA) is 96.0 Å². The van der Waals surface area contributed by atoms with E-state index in [9.17, 15) is 18.0 Å². The fourth-order valence-corrected chi connectivity index (χ4v) is 6.00. The van der Waals surface area contributed by atoms with Crippen molar-refractivity contribution in [2.24, 2.45) is 0 Å². The van der Waals surface area contributed by atoms with Crippen LogP contribution in [0.2, 0.25) is 10.0 Å². The van der Waals surface area contributed by atoms with E-state index in [2.05, 4.69) is 5.32 Å². The van der Waals surface area contributed by atoms with Crippen molar-refractivity contribution in [2.45, 2.75) is 51.6 Å². The van der Waals surface area contributed by atoms with Gasteiger partial charge in [0.05, 0.1) is 17.2 Å². The zero-order chi connectivity index (χ0) is 30.2. The first-order valence-electron chi connectivity index (χ1n) is 13.3. The summed E-state index contributed by atoms with van der Waals surface area (Å²) >= 11 is 12.8. The Morgan fingerprint density at radius 3 is 2.12 bits per heavy atom. The smallest absolute Gasteiger partial charge is 0.264 e. The molecule has 8 nitrogen and oxygen atoms in total. The third-order valence-electron chi connectivity index (χ3n) is 6.43. The molecule has 0 aliphatic rings. The maximum atomic E-state index is 14.0. The monoisotopic (exact) mass is 619 g/mol. The van der Waals surface area contributed by atoms with Crippen LogP contribution in [0.1, 0.15) is 38.3 Å². The van der Waals surface area contributed by atoms with E-state index >= 15 is 0 Å². The summed E-state index contributed by atoms with van der Waals surface area (Å²) in [5, 5.41) is 3.45. The van der Waals surface area contributed by atoms with Crippen LogP contribution in [0.5, 0.6) is 5.75 Å². The Bertz CT molecular complexity index is 1430. The van der Waals surface area contributed by atoms with Crippen LogP contribution in [0.25, 0.3) is 0 Å². The predicted molar refractivity (Wildman–Crippen MR) is 163 cm³/mol. The van der Waals surface area contributed by atoms with Crippen LogP contribution in [0.15, 0.2) is 71.6 Å². The van der Waals surface area contributed by atoms with Gasteiger partial charge in [0.15, 0.2) is 0 Å². The van der Waals surface area contributed by atoms with Crippen molar-refractivity contribution in [3.63, 3.8) is 0 Å². The molecule has 41 heavy (non-hydrogen) atoms. The summed E-state index contributed by atoms with van der Waals surface area (Å²) in [5.74, 6) is -0.423. The first kappa shape index (κ1) is 32.2. The molecular weight excluding hydrogens is 585 g/mol. The van der Waals surface area contributed by atoms with Gasteiger partial charge in [-0.3, -0.25) is 13.9 Å². The van der Waals surface area contributed by atoms with Gasteiger partial charge in [0.25, 0.3) is 10.0 Å². The number of benzene rings is 3. The number of aryl methyl sites for hydroxylation is 1. The summed E-state index contributed by atoms with van der Waals surface area (Å²) in [4.78, 5) is 28.3. The van der Waals surface area contributed by atoms with Crippen LogP contribution in [-0.2, 0) is 26.2 Å². The first-order chi connectivity index (χ1) is 19.5. The number of nitrogens with zero attached hydrogens (tertiary/aromatic N) is 2. The molecule has 0 saturated heterocycles. The number of hydrogen-bond donors (Lipinski definition) is 1. The number of hydrogen-bond acceptors (Lipinski definition) is 5. The van der Waals surface area contributed by atoms with E-state index in [1.54, 1.807) is 61.5 Å². The highest BCUT2D eigenvalue weighted by molar-refractivity contribution is 7.92. The summed E-state index contributed by atoms with van der Waals surface area (Å²) in [6.07, 6.45) is 0.711. The molecule has 0 bridgehead atoms. The highest BCUT2D eigenvalue weighted by Gasteiger charge is 2.33. The van der Waals surface area contributed by atoms with Gasteiger partial charge in [0, 0.05) is 28.7 Å². The van der Waals surface area contributed by atoms with Crippen LogP contribution in [0.4, 0.5) is 5.69 Å². The molecule has 3 aromatic carbocycles. The van der Waals surface area contributed by atoms with Crippen molar-refractivity contribution in [1.82, 2.24) is 10.2 Å². The van der Waals surface area contributed by atoms with Gasteiger partial charge in [0.2, 0.25) is 11.8 Å². The highest BCUT2D eigenvalue weighted by atomic mass is 35.5. The van der Waals surface area contributed by atoms with Gasteiger partial charge in [0.1, 0.15) is 18.3 Å². The highest BCUT2D eigenvalue weighted by Crippen LogP contribution is 2.29. The van der Waals surface area contributed by atoms with Crippen LogP contribution in [-0.4, -0.2) is 50.9 Å². The van der Waals surface area contributed by atoms with Gasteiger partial charge in [-0.05, 0) is 75.7 Å². The molecule has 220 valence electrons. The summed E-state index contributed by atoms with van der Waals surface area (Å²) in [5.41, 5.74) is 1.61. The van der Waals surface area contributed by atoms with Crippen LogP contribution >= 0.6 is 23.2 Å². The Balaban J connectivity index is 2.06.